The molecule has 0 saturated carbocycles. The fraction of sp³-hybridized carbons (Fsp3) is 0.222. The van der Waals surface area contributed by atoms with Gasteiger partial charge in [0, 0.05) is 37.5 Å². The van der Waals surface area contributed by atoms with Gasteiger partial charge in [0.15, 0.2) is 11.6 Å². The molecule has 33 heavy (non-hydrogen) atoms. The minimum Gasteiger partial charge on any atom is -0.426 e. The molecule has 4 rings (SSSR count). The number of ketones is 2. The summed E-state index contributed by atoms with van der Waals surface area (Å²) < 4.78 is 7.26. The van der Waals surface area contributed by atoms with Gasteiger partial charge in [0.1, 0.15) is 11.7 Å². The number of fused-ring (bicyclic) bond motifs is 1. The van der Waals surface area contributed by atoms with E-state index in [1.54, 1.807) is 48.5 Å². The highest BCUT2D eigenvalue weighted by Crippen LogP contribution is 2.47. The molecule has 0 unspecified atom stereocenters. The second kappa shape index (κ2) is 9.74. The molecule has 0 spiro atoms. The molecule has 4 nitrogen and oxygen atoms in total. The Morgan fingerprint density at radius 2 is 1.48 bits per heavy atom. The zero-order chi connectivity index (χ0) is 23.7. The standard InChI is InChI=1S/C27H22Br2O4/c1-15(2)22(25(30)17-8-10-18(28)11-9-17)23-20-14-19(29)12-13-21(20)33-27(32)24(23)26(31)16-6-4-3-5-7-16/h3-15,22-24H,1-2H3/t22-,23-,24+/m0/s1. The number of rotatable bonds is 6. The van der Waals surface area contributed by atoms with Crippen LogP contribution in [0.25, 0.3) is 0 Å². The molecule has 6 heteroatoms. The molecule has 0 saturated heterocycles. The first-order chi connectivity index (χ1) is 15.8. The Balaban J connectivity index is 1.89. The van der Waals surface area contributed by atoms with E-state index in [2.05, 4.69) is 31.9 Å². The number of hydrogen-bond acceptors (Lipinski definition) is 4. The van der Waals surface area contributed by atoms with E-state index in [4.69, 9.17) is 4.74 Å². The molecule has 0 bridgehead atoms. The first kappa shape index (κ1) is 23.6. The second-order valence-electron chi connectivity index (χ2n) is 8.48. The van der Waals surface area contributed by atoms with Gasteiger partial charge in [-0.05, 0) is 36.2 Å². The molecule has 1 aliphatic heterocycles. The molecule has 0 amide bonds. The number of esters is 1. The maximum Gasteiger partial charge on any atom is 0.322 e. The molecule has 3 aromatic carbocycles. The van der Waals surface area contributed by atoms with E-state index >= 15 is 0 Å². The first-order valence-electron chi connectivity index (χ1n) is 10.7. The smallest absolute Gasteiger partial charge is 0.322 e. The fourth-order valence-corrected chi connectivity index (χ4v) is 5.15. The largest absolute Gasteiger partial charge is 0.426 e. The summed E-state index contributed by atoms with van der Waals surface area (Å²) in [7, 11) is 0. The lowest BCUT2D eigenvalue weighted by molar-refractivity contribution is -0.139. The summed E-state index contributed by atoms with van der Waals surface area (Å²) in [5.41, 5.74) is 1.64. The van der Waals surface area contributed by atoms with Crippen LogP contribution in [0, 0.1) is 17.8 Å². The molecule has 1 heterocycles. The van der Waals surface area contributed by atoms with Crippen molar-refractivity contribution < 1.29 is 19.1 Å². The normalized spacial score (nSPS) is 18.4. The van der Waals surface area contributed by atoms with E-state index in [9.17, 15) is 14.4 Å². The maximum atomic E-state index is 13.8. The van der Waals surface area contributed by atoms with Gasteiger partial charge in [-0.2, -0.15) is 0 Å². The zero-order valence-electron chi connectivity index (χ0n) is 18.1. The van der Waals surface area contributed by atoms with Crippen molar-refractivity contribution in [3.05, 3.63) is 98.4 Å². The van der Waals surface area contributed by atoms with Gasteiger partial charge in [-0.15, -0.1) is 0 Å². The minimum atomic E-state index is -1.12. The van der Waals surface area contributed by atoms with Gasteiger partial charge in [0.25, 0.3) is 0 Å². The summed E-state index contributed by atoms with van der Waals surface area (Å²) in [5, 5.41) is 0. The van der Waals surface area contributed by atoms with Crippen LogP contribution in [-0.4, -0.2) is 17.5 Å². The number of ether oxygens (including phenoxy) is 1. The molecule has 0 aromatic heterocycles. The summed E-state index contributed by atoms with van der Waals surface area (Å²) in [4.78, 5) is 40.7. The Labute approximate surface area is 209 Å². The number of hydrogen-bond donors (Lipinski definition) is 0. The van der Waals surface area contributed by atoms with Crippen molar-refractivity contribution in [2.75, 3.05) is 0 Å². The van der Waals surface area contributed by atoms with Crippen molar-refractivity contribution in [2.24, 2.45) is 17.8 Å². The van der Waals surface area contributed by atoms with Crippen molar-refractivity contribution in [2.45, 2.75) is 19.8 Å². The Morgan fingerprint density at radius 3 is 2.12 bits per heavy atom. The molecular formula is C27H22Br2O4. The first-order valence-corrected chi connectivity index (χ1v) is 12.3. The molecule has 3 aromatic rings. The molecule has 0 aliphatic carbocycles. The van der Waals surface area contributed by atoms with Crippen LogP contribution in [0.1, 0.15) is 46.0 Å². The van der Waals surface area contributed by atoms with Gasteiger partial charge in [-0.1, -0.05) is 88.2 Å². The highest BCUT2D eigenvalue weighted by molar-refractivity contribution is 9.10. The SMILES string of the molecule is CC(C)[C@H](C(=O)c1ccc(Br)cc1)[C@@H]1c2cc(Br)ccc2OC(=O)[C@H]1C(=O)c1ccccc1. The zero-order valence-corrected chi connectivity index (χ0v) is 21.3. The Hall–Kier alpha value is -2.57. The lowest BCUT2D eigenvalue weighted by atomic mass is 9.66. The van der Waals surface area contributed by atoms with Crippen LogP contribution >= 0.6 is 31.9 Å². The Morgan fingerprint density at radius 1 is 0.848 bits per heavy atom. The van der Waals surface area contributed by atoms with Crippen LogP contribution in [0.3, 0.4) is 0 Å². The molecule has 168 valence electrons. The summed E-state index contributed by atoms with van der Waals surface area (Å²) in [5.74, 6) is -3.21. The van der Waals surface area contributed by atoms with Crippen LogP contribution in [0.15, 0.2) is 81.7 Å². The number of carbonyl (C=O) groups excluding carboxylic acids is 3. The molecule has 1 aliphatic rings. The average molecular weight is 570 g/mol. The number of carbonyl (C=O) groups is 3. The quantitative estimate of drug-likeness (QED) is 0.141. The molecule has 0 N–H and O–H groups in total. The summed E-state index contributed by atoms with van der Waals surface area (Å²) >= 11 is 6.90. The highest BCUT2D eigenvalue weighted by atomic mass is 79.9. The lowest BCUT2D eigenvalue weighted by Crippen LogP contribution is -2.43. The van der Waals surface area contributed by atoms with E-state index < -0.39 is 23.7 Å². The number of halogens is 2. The van der Waals surface area contributed by atoms with Gasteiger partial charge in [-0.25, -0.2) is 0 Å². The summed E-state index contributed by atoms with van der Waals surface area (Å²) in [6.07, 6.45) is 0. The predicted octanol–water partition coefficient (Wildman–Crippen LogP) is 6.87. The topological polar surface area (TPSA) is 60.4 Å². The summed E-state index contributed by atoms with van der Waals surface area (Å²) in [6, 6.07) is 21.2. The average Bonchev–Trinajstić information content (AvgIpc) is 2.80. The molecule has 3 atom stereocenters. The van der Waals surface area contributed by atoms with Crippen LogP contribution in [0.4, 0.5) is 0 Å². The number of benzene rings is 3. The van der Waals surface area contributed by atoms with E-state index in [1.165, 1.54) is 0 Å². The number of Topliss-reactive ketones (excluding diaryl/α,β-unsaturated/α-hetero) is 2. The molecule has 0 radical (unpaired) electrons. The highest BCUT2D eigenvalue weighted by Gasteiger charge is 2.49. The second-order valence-corrected chi connectivity index (χ2v) is 10.3. The van der Waals surface area contributed by atoms with E-state index in [1.807, 2.05) is 38.1 Å². The van der Waals surface area contributed by atoms with Gasteiger partial charge in [0.05, 0.1) is 0 Å². The Kier molecular flexibility index (Phi) is 6.96. The maximum absolute atomic E-state index is 13.8. The summed E-state index contributed by atoms with van der Waals surface area (Å²) in [6.45, 7) is 3.89. The predicted molar refractivity (Wildman–Crippen MR) is 134 cm³/mol. The lowest BCUT2D eigenvalue weighted by Gasteiger charge is -2.37. The van der Waals surface area contributed by atoms with Crippen molar-refractivity contribution in [3.8, 4) is 5.75 Å². The van der Waals surface area contributed by atoms with Gasteiger partial charge in [0.2, 0.25) is 0 Å². The third kappa shape index (κ3) is 4.73. The third-order valence-corrected chi connectivity index (χ3v) is 7.05. The van der Waals surface area contributed by atoms with Crippen molar-refractivity contribution >= 4 is 49.4 Å². The van der Waals surface area contributed by atoms with E-state index in [0.717, 1.165) is 8.95 Å². The van der Waals surface area contributed by atoms with E-state index in [-0.39, 0.29) is 17.5 Å². The third-order valence-electron chi connectivity index (χ3n) is 6.03. The van der Waals surface area contributed by atoms with Crippen LogP contribution in [0.2, 0.25) is 0 Å². The van der Waals surface area contributed by atoms with Crippen molar-refractivity contribution in [3.63, 3.8) is 0 Å². The van der Waals surface area contributed by atoms with Crippen molar-refractivity contribution in [1.82, 2.24) is 0 Å². The van der Waals surface area contributed by atoms with Crippen LogP contribution < -0.4 is 4.74 Å². The van der Waals surface area contributed by atoms with Gasteiger partial charge >= 0.3 is 5.97 Å². The Bertz CT molecular complexity index is 1200. The minimum absolute atomic E-state index is 0.103. The van der Waals surface area contributed by atoms with Gasteiger partial charge < -0.3 is 4.74 Å². The monoisotopic (exact) mass is 568 g/mol. The van der Waals surface area contributed by atoms with E-state index in [0.29, 0.717) is 22.4 Å². The molecule has 0 fully saturated rings. The van der Waals surface area contributed by atoms with Crippen LogP contribution in [0.5, 0.6) is 5.75 Å². The van der Waals surface area contributed by atoms with Gasteiger partial charge in [-0.3, -0.25) is 14.4 Å². The fourth-order valence-electron chi connectivity index (χ4n) is 4.51. The van der Waals surface area contributed by atoms with Crippen LogP contribution in [-0.2, 0) is 4.79 Å². The van der Waals surface area contributed by atoms with Crippen molar-refractivity contribution in [1.29, 1.82) is 0 Å². The molecular weight excluding hydrogens is 548 g/mol.